The molecule has 3 N–H and O–H groups in total. The topological polar surface area (TPSA) is 137 Å². The third-order valence-corrected chi connectivity index (χ3v) is 8.57. The van der Waals surface area contributed by atoms with Gasteiger partial charge >= 0.3 is 0 Å². The maximum absolute atomic E-state index is 13.5. The van der Waals surface area contributed by atoms with Crippen LogP contribution in [0, 0.1) is 16.7 Å². The largest absolute Gasteiger partial charge is 0.356 e. The molecule has 3 unspecified atom stereocenters. The lowest BCUT2D eigenvalue weighted by Crippen LogP contribution is -2.49. The first-order valence-corrected chi connectivity index (χ1v) is 16.5. The second-order valence-electron chi connectivity index (χ2n) is 12.7. The monoisotopic (exact) mass is 663 g/mol. The van der Waals surface area contributed by atoms with Gasteiger partial charge in [-0.05, 0) is 56.5 Å². The molecule has 0 saturated carbocycles. The second-order valence-corrected chi connectivity index (χ2v) is 12.9. The smallest absolute Gasteiger partial charge is 0.251 e. The Morgan fingerprint density at radius 1 is 0.809 bits per heavy atom. The van der Waals surface area contributed by atoms with E-state index in [0.29, 0.717) is 62.1 Å². The van der Waals surface area contributed by atoms with Gasteiger partial charge in [0.05, 0.1) is 11.7 Å². The van der Waals surface area contributed by atoms with Gasteiger partial charge < -0.3 is 20.9 Å². The molecule has 0 heterocycles. The molecule has 4 amide bonds. The van der Waals surface area contributed by atoms with Crippen molar-refractivity contribution >= 4 is 46.8 Å². The fourth-order valence-corrected chi connectivity index (χ4v) is 5.72. The van der Waals surface area contributed by atoms with Crippen LogP contribution in [0.25, 0.3) is 0 Å². The molecule has 0 aromatic heterocycles. The van der Waals surface area contributed by atoms with Crippen LogP contribution in [0.3, 0.4) is 0 Å². The number of nitrogens with zero attached hydrogens (tertiary/aromatic N) is 2. The predicted molar refractivity (Wildman–Crippen MR) is 187 cm³/mol. The molecule has 0 fully saturated rings. The zero-order chi connectivity index (χ0) is 35.0. The number of hydrogen-bond donors (Lipinski definition) is 3. The molecule has 10 nitrogen and oxygen atoms in total. The van der Waals surface area contributed by atoms with Gasteiger partial charge in [0.25, 0.3) is 5.91 Å². The number of benzene rings is 2. The first-order chi connectivity index (χ1) is 22.3. The highest BCUT2D eigenvalue weighted by Crippen LogP contribution is 2.41. The van der Waals surface area contributed by atoms with E-state index in [1.54, 1.807) is 69.6 Å². The second kappa shape index (κ2) is 18.8. The van der Waals surface area contributed by atoms with Crippen LogP contribution in [0.2, 0.25) is 0 Å². The third-order valence-electron chi connectivity index (χ3n) is 8.44. The molecule has 0 radical (unpaired) electrons. The molecular weight excluding hydrogens is 614 g/mol. The van der Waals surface area contributed by atoms with Crippen LogP contribution in [-0.4, -0.2) is 79.7 Å². The van der Waals surface area contributed by atoms with Crippen LogP contribution >= 0.6 is 12.2 Å². The summed E-state index contributed by atoms with van der Waals surface area (Å²) in [6.07, 6.45) is 2.11. The summed E-state index contributed by atoms with van der Waals surface area (Å²) in [5.74, 6) is -1.29. The van der Waals surface area contributed by atoms with Crippen LogP contribution in [-0.2, 0) is 14.4 Å². The maximum Gasteiger partial charge on any atom is 0.251 e. The summed E-state index contributed by atoms with van der Waals surface area (Å²) < 4.78 is 0. The zero-order valence-electron chi connectivity index (χ0n) is 28.5. The van der Waals surface area contributed by atoms with Gasteiger partial charge in [-0.25, -0.2) is 4.99 Å². The number of ketones is 1. The first kappa shape index (κ1) is 39.0. The number of aliphatic imine (C=N–C) groups is 1. The van der Waals surface area contributed by atoms with Gasteiger partial charge in [-0.15, -0.1) is 0 Å². The summed E-state index contributed by atoms with van der Waals surface area (Å²) in [5, 5.41) is 11.1. The molecule has 0 bridgehead atoms. The van der Waals surface area contributed by atoms with E-state index in [1.165, 1.54) is 4.90 Å². The van der Waals surface area contributed by atoms with Crippen molar-refractivity contribution in [2.75, 3.05) is 40.3 Å². The average molecular weight is 664 g/mol. The number of nitrogens with one attached hydrogen (secondary N) is 3. The molecular formula is C36H49N5O5S. The van der Waals surface area contributed by atoms with E-state index in [-0.39, 0.29) is 42.3 Å². The normalized spacial score (nSPS) is 13.9. The number of isothiocyanates is 1. The summed E-state index contributed by atoms with van der Waals surface area (Å²) in [7, 11) is 3.37. The minimum atomic E-state index is -0.990. The van der Waals surface area contributed by atoms with Gasteiger partial charge in [-0.1, -0.05) is 70.2 Å². The molecule has 0 spiro atoms. The number of thiocarbonyl (C=S) groups is 1. The Hall–Kier alpha value is -4.21. The fraction of sp³-hybridized carbons (Fsp3) is 0.500. The molecule has 0 saturated heterocycles. The Balaban J connectivity index is 1.96. The highest BCUT2D eigenvalue weighted by molar-refractivity contribution is 7.78. The molecule has 2 aromatic rings. The Kier molecular flexibility index (Phi) is 15.6. The van der Waals surface area contributed by atoms with E-state index in [1.807, 2.05) is 26.8 Å². The standard InChI is InChI=1S/C36H49N5O5S/c1-7-35(3,24-36(4,23-26(2)32(44)41(5)6)34(46)40-21-11-19-37-25-47)33(45)39-22-12-20-38-31(43)29-17-15-28(16-18-29)30(42)27-13-9-8-10-14-27/h8-10,13-18,26H,7,11-12,19-24H2,1-6H3,(H,38,43)(H,39,45)(H,40,46). The van der Waals surface area contributed by atoms with Crippen LogP contribution in [0.15, 0.2) is 59.6 Å². The van der Waals surface area contributed by atoms with E-state index in [4.69, 9.17) is 0 Å². The Morgan fingerprint density at radius 3 is 1.91 bits per heavy atom. The van der Waals surface area contributed by atoms with E-state index in [9.17, 15) is 24.0 Å². The molecule has 2 rings (SSSR count). The van der Waals surface area contributed by atoms with Gasteiger partial charge in [-0.3, -0.25) is 24.0 Å². The SMILES string of the molecule is CCC(C)(CC(C)(CC(C)C(=O)N(C)C)C(=O)NCCCN=C=S)C(=O)NCCCNC(=O)c1ccc(C(=O)c2ccccc2)cc1. The summed E-state index contributed by atoms with van der Waals surface area (Å²) in [5.41, 5.74) is -0.356. The minimum absolute atomic E-state index is 0.0827. The lowest BCUT2D eigenvalue weighted by atomic mass is 9.67. The molecule has 47 heavy (non-hydrogen) atoms. The maximum atomic E-state index is 13.5. The highest BCUT2D eigenvalue weighted by Gasteiger charge is 2.45. The number of rotatable bonds is 19. The first-order valence-electron chi connectivity index (χ1n) is 16.1. The van der Waals surface area contributed by atoms with Crippen molar-refractivity contribution in [2.24, 2.45) is 21.7 Å². The fourth-order valence-electron chi connectivity index (χ4n) is 5.63. The average Bonchev–Trinajstić information content (AvgIpc) is 3.07. The number of hydrogen-bond acceptors (Lipinski definition) is 7. The van der Waals surface area contributed by atoms with Crippen LogP contribution in [0.5, 0.6) is 0 Å². The molecule has 0 aliphatic heterocycles. The van der Waals surface area contributed by atoms with Gasteiger partial charge in [-0.2, -0.15) is 0 Å². The predicted octanol–water partition coefficient (Wildman–Crippen LogP) is 4.69. The van der Waals surface area contributed by atoms with Crippen LogP contribution in [0.1, 0.15) is 86.1 Å². The van der Waals surface area contributed by atoms with E-state index < -0.39 is 16.7 Å². The summed E-state index contributed by atoms with van der Waals surface area (Å²) in [4.78, 5) is 70.4. The zero-order valence-corrected chi connectivity index (χ0v) is 29.3. The highest BCUT2D eigenvalue weighted by atomic mass is 32.1. The van der Waals surface area contributed by atoms with Gasteiger partial charge in [0.2, 0.25) is 17.7 Å². The van der Waals surface area contributed by atoms with Gasteiger partial charge in [0.1, 0.15) is 0 Å². The molecule has 0 aliphatic carbocycles. The third kappa shape index (κ3) is 11.8. The van der Waals surface area contributed by atoms with Crippen LogP contribution < -0.4 is 16.0 Å². The molecule has 254 valence electrons. The Morgan fingerprint density at radius 2 is 1.34 bits per heavy atom. The van der Waals surface area contributed by atoms with Crippen molar-refractivity contribution in [3.63, 3.8) is 0 Å². The van der Waals surface area contributed by atoms with Crippen molar-refractivity contribution in [1.82, 2.24) is 20.9 Å². The van der Waals surface area contributed by atoms with Crippen molar-refractivity contribution in [2.45, 2.75) is 59.8 Å². The van der Waals surface area contributed by atoms with Crippen LogP contribution in [0.4, 0.5) is 0 Å². The minimum Gasteiger partial charge on any atom is -0.356 e. The van der Waals surface area contributed by atoms with E-state index >= 15 is 0 Å². The lowest BCUT2D eigenvalue weighted by Gasteiger charge is -2.39. The number of carbonyl (C=O) groups excluding carboxylic acids is 5. The number of amides is 4. The Bertz CT molecular complexity index is 1430. The van der Waals surface area contributed by atoms with Crippen molar-refractivity contribution < 1.29 is 24.0 Å². The van der Waals surface area contributed by atoms with Crippen molar-refractivity contribution in [3.05, 3.63) is 71.3 Å². The molecule has 3 atom stereocenters. The molecule has 0 aliphatic rings. The summed E-state index contributed by atoms with van der Waals surface area (Å²) in [6.45, 7) is 8.89. The number of carbonyl (C=O) groups is 5. The van der Waals surface area contributed by atoms with Gasteiger partial charge in [0, 0.05) is 67.2 Å². The van der Waals surface area contributed by atoms with E-state index in [0.717, 1.165) is 0 Å². The Labute approximate surface area is 284 Å². The lowest BCUT2D eigenvalue weighted by molar-refractivity contribution is -0.140. The van der Waals surface area contributed by atoms with Crippen molar-refractivity contribution in [3.8, 4) is 0 Å². The molecule has 11 heteroatoms. The summed E-state index contributed by atoms with van der Waals surface area (Å²) >= 11 is 4.60. The molecule has 2 aromatic carbocycles. The summed E-state index contributed by atoms with van der Waals surface area (Å²) in [6, 6.07) is 15.5. The quantitative estimate of drug-likeness (QED) is 0.0864. The van der Waals surface area contributed by atoms with Gasteiger partial charge in [0.15, 0.2) is 5.78 Å². The van der Waals surface area contributed by atoms with Crippen molar-refractivity contribution in [1.29, 1.82) is 0 Å². The van der Waals surface area contributed by atoms with E-state index in [2.05, 4.69) is 38.3 Å².